The van der Waals surface area contributed by atoms with Crippen LogP contribution in [-0.2, 0) is 13.6 Å². The van der Waals surface area contributed by atoms with Gasteiger partial charge in [-0.15, -0.1) is 0 Å². The quantitative estimate of drug-likeness (QED) is 0.634. The molecule has 4 N–H and O–H groups in total. The van der Waals surface area contributed by atoms with Crippen molar-refractivity contribution in [2.75, 3.05) is 10.6 Å². The third kappa shape index (κ3) is 1.39. The molecule has 8 heteroatoms. The molecular weight excluding hydrogens is 285 g/mol. The summed E-state index contributed by atoms with van der Waals surface area (Å²) in [5.74, 6) is 0. The molecule has 1 aromatic rings. The minimum atomic E-state index is -3.36. The summed E-state index contributed by atoms with van der Waals surface area (Å²) in [6, 6.07) is 4.30. The summed E-state index contributed by atoms with van der Waals surface area (Å²) in [7, 11) is -3.36. The smallest absolute Gasteiger partial charge is 0.313 e. The average Bonchev–Trinajstić information content (AvgIpc) is 2.42. The van der Waals surface area contributed by atoms with E-state index in [1.807, 2.05) is 18.2 Å². The van der Waals surface area contributed by atoms with E-state index < -0.39 is 13.8 Å². The van der Waals surface area contributed by atoms with Gasteiger partial charge in [-0.25, -0.2) is 19.1 Å². The van der Waals surface area contributed by atoms with Crippen LogP contribution in [0.1, 0.15) is 0 Å². The van der Waals surface area contributed by atoms with Crippen LogP contribution in [0, 0.1) is 0 Å². The van der Waals surface area contributed by atoms with Gasteiger partial charge in [0.05, 0.1) is 11.4 Å². The zero-order valence-corrected chi connectivity index (χ0v) is 9.84. The topological polar surface area (TPSA) is 85.6 Å². The van der Waals surface area contributed by atoms with E-state index in [-0.39, 0.29) is 0 Å². The Morgan fingerprint density at radius 2 is 2.13 bits per heavy atom. The second-order valence-electron chi connectivity index (χ2n) is 3.25. The Balaban J connectivity index is 1.94. The highest BCUT2D eigenvalue weighted by Crippen LogP contribution is 2.61. The fourth-order valence-corrected chi connectivity index (χ4v) is 2.96. The molecule has 3 rings (SSSR count). The molecule has 2 heterocycles. The molecule has 0 saturated carbocycles. The molecule has 0 unspecified atom stereocenters. The number of halogens is 1. The maximum Gasteiger partial charge on any atom is 0.413 e. The van der Waals surface area contributed by atoms with Crippen LogP contribution in [-0.4, -0.2) is 6.03 Å². The van der Waals surface area contributed by atoms with Crippen LogP contribution in [0.2, 0.25) is 0 Å². The van der Waals surface area contributed by atoms with E-state index in [1.165, 1.54) is 0 Å². The molecule has 0 atom stereocenters. The number of fused-ring (bicyclic) bond motifs is 1. The maximum absolute atomic E-state index is 11.1. The van der Waals surface area contributed by atoms with Crippen molar-refractivity contribution in [1.82, 2.24) is 0 Å². The molecule has 80 valence electrons. The molecule has 15 heavy (non-hydrogen) atoms. The van der Waals surface area contributed by atoms with Crippen LogP contribution in [0.4, 0.5) is 11.4 Å². The summed E-state index contributed by atoms with van der Waals surface area (Å²) in [5, 5.41) is 5.82. The summed E-state index contributed by atoms with van der Waals surface area (Å²) in [6.07, 6.45) is 0. The largest absolute Gasteiger partial charge is 0.413 e. The zero-order valence-electron chi connectivity index (χ0n) is 7.36. The van der Waals surface area contributed by atoms with Crippen LogP contribution >= 0.6 is 23.7 Å². The SMILES string of the molecule is NP1(=O)OC2(Nc3cccc(Br)c3N2)O1. The standard InChI is InChI=1S/C7H7BrN3O3P/c8-4-2-1-3-5-6(4)11-7(10-5)13-15(9,12)14-7/h1-3,10-11H,(H2,9,12). The Morgan fingerprint density at radius 1 is 1.40 bits per heavy atom. The Bertz CT molecular complexity index is 484. The molecule has 6 nitrogen and oxygen atoms in total. The highest BCUT2D eigenvalue weighted by atomic mass is 79.9. The normalized spacial score (nSPS) is 36.7. The van der Waals surface area contributed by atoms with Gasteiger partial charge in [0.15, 0.2) is 0 Å². The van der Waals surface area contributed by atoms with Gasteiger partial charge in [0.2, 0.25) is 0 Å². The van der Waals surface area contributed by atoms with E-state index >= 15 is 0 Å². The summed E-state index contributed by atoms with van der Waals surface area (Å²) in [6.45, 7) is 0. The van der Waals surface area contributed by atoms with Gasteiger partial charge >= 0.3 is 13.8 Å². The second kappa shape index (κ2) is 2.75. The van der Waals surface area contributed by atoms with Crippen LogP contribution < -0.4 is 16.1 Å². The Morgan fingerprint density at radius 3 is 2.73 bits per heavy atom. The van der Waals surface area contributed by atoms with Crippen molar-refractivity contribution in [2.45, 2.75) is 6.03 Å². The third-order valence-electron chi connectivity index (χ3n) is 2.11. The number of para-hydroxylation sites is 1. The molecule has 0 amide bonds. The van der Waals surface area contributed by atoms with Crippen LogP contribution in [0.15, 0.2) is 22.7 Å². The van der Waals surface area contributed by atoms with Crippen molar-refractivity contribution >= 4 is 35.1 Å². The van der Waals surface area contributed by atoms with Gasteiger partial charge in [-0.1, -0.05) is 6.07 Å². The van der Waals surface area contributed by atoms with Crippen molar-refractivity contribution in [2.24, 2.45) is 5.50 Å². The van der Waals surface area contributed by atoms with E-state index in [0.29, 0.717) is 0 Å². The Labute approximate surface area is 93.8 Å². The second-order valence-corrected chi connectivity index (χ2v) is 5.55. The molecule has 1 fully saturated rings. The molecule has 2 aliphatic heterocycles. The van der Waals surface area contributed by atoms with Gasteiger partial charge in [0.25, 0.3) is 0 Å². The first-order valence-corrected chi connectivity index (χ1v) is 6.55. The fourth-order valence-electron chi connectivity index (χ4n) is 1.58. The van der Waals surface area contributed by atoms with Crippen molar-refractivity contribution in [1.29, 1.82) is 0 Å². The fraction of sp³-hybridized carbons (Fsp3) is 0.143. The molecule has 0 radical (unpaired) electrons. The van der Waals surface area contributed by atoms with E-state index in [4.69, 9.17) is 14.6 Å². The number of hydrogen-bond donors (Lipinski definition) is 3. The van der Waals surface area contributed by atoms with E-state index in [9.17, 15) is 4.57 Å². The lowest BCUT2D eigenvalue weighted by molar-refractivity contribution is -0.150. The number of nitrogens with one attached hydrogen (secondary N) is 2. The summed E-state index contributed by atoms with van der Waals surface area (Å²) >= 11 is 3.37. The first-order valence-electron chi connectivity index (χ1n) is 4.15. The lowest BCUT2D eigenvalue weighted by Crippen LogP contribution is -2.54. The molecule has 0 aromatic heterocycles. The van der Waals surface area contributed by atoms with E-state index in [0.717, 1.165) is 15.8 Å². The molecule has 1 spiro atoms. The van der Waals surface area contributed by atoms with Crippen LogP contribution in [0.25, 0.3) is 0 Å². The van der Waals surface area contributed by atoms with Crippen molar-refractivity contribution in [3.05, 3.63) is 22.7 Å². The maximum atomic E-state index is 11.1. The molecule has 0 bridgehead atoms. The first-order chi connectivity index (χ1) is 7.00. The van der Waals surface area contributed by atoms with Crippen molar-refractivity contribution in [3.63, 3.8) is 0 Å². The zero-order chi connectivity index (χ0) is 10.7. The number of hydrogen-bond acceptors (Lipinski definition) is 5. The summed E-state index contributed by atoms with van der Waals surface area (Å²) in [5.41, 5.74) is 6.75. The summed E-state index contributed by atoms with van der Waals surface area (Å²) < 4.78 is 21.9. The molecule has 1 aromatic carbocycles. The predicted molar refractivity (Wildman–Crippen MR) is 58.1 cm³/mol. The van der Waals surface area contributed by atoms with Gasteiger partial charge in [0, 0.05) is 4.47 Å². The minimum Gasteiger partial charge on any atom is -0.313 e. The van der Waals surface area contributed by atoms with Gasteiger partial charge < -0.3 is 10.6 Å². The average molecular weight is 292 g/mol. The van der Waals surface area contributed by atoms with Crippen molar-refractivity contribution in [3.8, 4) is 0 Å². The Kier molecular flexibility index (Phi) is 1.76. The molecule has 2 aliphatic rings. The van der Waals surface area contributed by atoms with Gasteiger partial charge in [-0.05, 0) is 28.1 Å². The highest BCUT2D eigenvalue weighted by molar-refractivity contribution is 9.10. The highest BCUT2D eigenvalue weighted by Gasteiger charge is 2.58. The van der Waals surface area contributed by atoms with E-state index in [2.05, 4.69) is 26.6 Å². The van der Waals surface area contributed by atoms with Gasteiger partial charge in [-0.2, -0.15) is 0 Å². The van der Waals surface area contributed by atoms with Gasteiger partial charge in [-0.3, -0.25) is 0 Å². The van der Waals surface area contributed by atoms with Crippen LogP contribution in [0.3, 0.4) is 0 Å². The lowest BCUT2D eigenvalue weighted by Gasteiger charge is -2.40. The van der Waals surface area contributed by atoms with E-state index in [1.54, 1.807) is 0 Å². The molecule has 0 aliphatic carbocycles. The molecule has 1 saturated heterocycles. The number of benzene rings is 1. The lowest BCUT2D eigenvalue weighted by atomic mass is 10.3. The first kappa shape index (κ1) is 9.62. The number of rotatable bonds is 0. The number of nitrogens with two attached hydrogens (primary N) is 1. The Hall–Kier alpha value is -0.590. The molecular formula is C7H7BrN3O3P. The van der Waals surface area contributed by atoms with Crippen LogP contribution in [0.5, 0.6) is 0 Å². The summed E-state index contributed by atoms with van der Waals surface area (Å²) in [4.78, 5) is 0. The third-order valence-corrected chi connectivity index (χ3v) is 3.80. The minimum absolute atomic E-state index is 0.789. The van der Waals surface area contributed by atoms with Crippen molar-refractivity contribution < 1.29 is 13.6 Å². The predicted octanol–water partition coefficient (Wildman–Crippen LogP) is 2.01. The monoisotopic (exact) mass is 291 g/mol. The van der Waals surface area contributed by atoms with Gasteiger partial charge in [0.1, 0.15) is 0 Å². The number of anilines is 2.